The molecule has 0 aliphatic carbocycles. The van der Waals surface area contributed by atoms with E-state index in [2.05, 4.69) is 46.2 Å². The van der Waals surface area contributed by atoms with Crippen LogP contribution in [-0.4, -0.2) is 54.8 Å². The number of ether oxygens (including phenoxy) is 2. The number of benzene rings is 1. The highest BCUT2D eigenvalue weighted by atomic mass is 32.1. The molecule has 0 saturated carbocycles. The van der Waals surface area contributed by atoms with Crippen LogP contribution in [0, 0.1) is 13.8 Å². The van der Waals surface area contributed by atoms with Crippen LogP contribution in [0.3, 0.4) is 0 Å². The van der Waals surface area contributed by atoms with Gasteiger partial charge in [0.15, 0.2) is 0 Å². The smallest absolute Gasteiger partial charge is 0.138 e. The summed E-state index contributed by atoms with van der Waals surface area (Å²) >= 11 is 1.72. The fourth-order valence-corrected chi connectivity index (χ4v) is 4.68. The highest BCUT2D eigenvalue weighted by Crippen LogP contribution is 2.33. The predicted molar refractivity (Wildman–Crippen MR) is 114 cm³/mol. The Hall–Kier alpha value is -2.22. The van der Waals surface area contributed by atoms with E-state index in [-0.39, 0.29) is 6.04 Å². The quantitative estimate of drug-likeness (QED) is 0.682. The Morgan fingerprint density at radius 1 is 1.18 bits per heavy atom. The second kappa shape index (κ2) is 8.43. The summed E-state index contributed by atoms with van der Waals surface area (Å²) in [6.45, 7) is 8.44. The van der Waals surface area contributed by atoms with E-state index < -0.39 is 0 Å². The second-order valence-electron chi connectivity index (χ2n) is 7.00. The van der Waals surface area contributed by atoms with Crippen molar-refractivity contribution in [2.75, 3.05) is 45.3 Å². The number of anilines is 1. The van der Waals surface area contributed by atoms with E-state index >= 15 is 0 Å². The van der Waals surface area contributed by atoms with Crippen molar-refractivity contribution in [2.45, 2.75) is 19.9 Å². The van der Waals surface area contributed by atoms with Crippen LogP contribution < -0.4 is 10.1 Å². The van der Waals surface area contributed by atoms with Crippen molar-refractivity contribution in [1.82, 2.24) is 14.9 Å². The number of thiophene rings is 1. The Balaban J connectivity index is 1.60. The Kier molecular flexibility index (Phi) is 5.75. The monoisotopic (exact) mass is 398 g/mol. The summed E-state index contributed by atoms with van der Waals surface area (Å²) in [5.74, 6) is 1.79. The van der Waals surface area contributed by atoms with Crippen LogP contribution in [0.5, 0.6) is 5.75 Å². The third-order valence-electron chi connectivity index (χ3n) is 5.42. The van der Waals surface area contributed by atoms with Crippen LogP contribution in [0.2, 0.25) is 0 Å². The molecule has 1 fully saturated rings. The minimum Gasteiger partial charge on any atom is -0.497 e. The van der Waals surface area contributed by atoms with Gasteiger partial charge in [-0.05, 0) is 37.1 Å². The van der Waals surface area contributed by atoms with Crippen molar-refractivity contribution in [3.63, 3.8) is 0 Å². The van der Waals surface area contributed by atoms with Gasteiger partial charge in [0, 0.05) is 24.5 Å². The fraction of sp³-hybridized carbons (Fsp3) is 0.429. The summed E-state index contributed by atoms with van der Waals surface area (Å²) in [7, 11) is 1.70. The normalized spacial score (nSPS) is 16.2. The van der Waals surface area contributed by atoms with Crippen molar-refractivity contribution in [2.24, 2.45) is 0 Å². The maximum absolute atomic E-state index is 5.56. The number of hydrogen-bond acceptors (Lipinski definition) is 7. The van der Waals surface area contributed by atoms with E-state index in [1.165, 1.54) is 16.0 Å². The molecule has 7 heteroatoms. The highest BCUT2D eigenvalue weighted by molar-refractivity contribution is 7.18. The summed E-state index contributed by atoms with van der Waals surface area (Å²) in [5.41, 5.74) is 2.52. The van der Waals surface area contributed by atoms with Crippen LogP contribution in [0.1, 0.15) is 22.0 Å². The molecule has 4 rings (SSSR count). The van der Waals surface area contributed by atoms with E-state index in [1.807, 2.05) is 12.1 Å². The lowest BCUT2D eigenvalue weighted by Crippen LogP contribution is -2.41. The van der Waals surface area contributed by atoms with Gasteiger partial charge in [0.1, 0.15) is 22.7 Å². The lowest BCUT2D eigenvalue weighted by Gasteiger charge is -2.35. The van der Waals surface area contributed by atoms with Crippen LogP contribution in [0.15, 0.2) is 30.6 Å². The van der Waals surface area contributed by atoms with Gasteiger partial charge in [-0.2, -0.15) is 0 Å². The number of rotatable bonds is 6. The number of methoxy groups -OCH3 is 1. The van der Waals surface area contributed by atoms with Crippen molar-refractivity contribution in [3.05, 3.63) is 46.6 Å². The maximum Gasteiger partial charge on any atom is 0.138 e. The number of fused-ring (bicyclic) bond motifs is 1. The molecule has 0 amide bonds. The van der Waals surface area contributed by atoms with Gasteiger partial charge >= 0.3 is 0 Å². The topological polar surface area (TPSA) is 59.5 Å². The average molecular weight is 399 g/mol. The molecular formula is C21H26N4O2S. The van der Waals surface area contributed by atoms with Crippen molar-refractivity contribution in [3.8, 4) is 5.75 Å². The molecule has 1 aliphatic rings. The number of hydrogen-bond donors (Lipinski definition) is 1. The zero-order valence-electron chi connectivity index (χ0n) is 16.6. The molecule has 1 saturated heterocycles. The molecular weight excluding hydrogens is 372 g/mol. The second-order valence-corrected chi connectivity index (χ2v) is 8.21. The molecule has 2 aromatic heterocycles. The molecule has 1 atom stereocenters. The third-order valence-corrected chi connectivity index (χ3v) is 6.53. The molecule has 148 valence electrons. The Bertz CT molecular complexity index is 935. The predicted octanol–water partition coefficient (Wildman–Crippen LogP) is 3.80. The van der Waals surface area contributed by atoms with E-state index in [0.29, 0.717) is 0 Å². The summed E-state index contributed by atoms with van der Waals surface area (Å²) < 4.78 is 10.9. The first-order valence-corrected chi connectivity index (χ1v) is 10.4. The van der Waals surface area contributed by atoms with Crippen molar-refractivity contribution >= 4 is 27.4 Å². The number of nitrogens with one attached hydrogen (secondary N) is 1. The van der Waals surface area contributed by atoms with E-state index in [0.717, 1.165) is 54.6 Å². The molecule has 0 radical (unpaired) electrons. The lowest BCUT2D eigenvalue weighted by atomic mass is 10.0. The van der Waals surface area contributed by atoms with Crippen LogP contribution in [-0.2, 0) is 4.74 Å². The van der Waals surface area contributed by atoms with Gasteiger partial charge in [-0.25, -0.2) is 9.97 Å². The van der Waals surface area contributed by atoms with Gasteiger partial charge in [0.25, 0.3) is 0 Å². The number of morpholine rings is 1. The first-order valence-electron chi connectivity index (χ1n) is 9.57. The molecule has 28 heavy (non-hydrogen) atoms. The van der Waals surface area contributed by atoms with E-state index in [9.17, 15) is 0 Å². The number of nitrogens with zero attached hydrogens (tertiary/aromatic N) is 3. The van der Waals surface area contributed by atoms with Crippen LogP contribution in [0.25, 0.3) is 10.2 Å². The number of aryl methyl sites for hydroxylation is 2. The molecule has 0 spiro atoms. The van der Waals surface area contributed by atoms with E-state index in [4.69, 9.17) is 9.47 Å². The zero-order valence-corrected chi connectivity index (χ0v) is 17.4. The Morgan fingerprint density at radius 3 is 2.64 bits per heavy atom. The Labute approximate surface area is 169 Å². The summed E-state index contributed by atoms with van der Waals surface area (Å²) in [6, 6.07) is 8.59. The lowest BCUT2D eigenvalue weighted by molar-refractivity contribution is 0.0187. The van der Waals surface area contributed by atoms with Gasteiger partial charge in [-0.1, -0.05) is 12.1 Å². The van der Waals surface area contributed by atoms with Gasteiger partial charge < -0.3 is 14.8 Å². The zero-order chi connectivity index (χ0) is 19.5. The summed E-state index contributed by atoms with van der Waals surface area (Å²) in [4.78, 5) is 13.8. The molecule has 1 N–H and O–H groups in total. The first kappa shape index (κ1) is 19.1. The molecule has 1 aliphatic heterocycles. The summed E-state index contributed by atoms with van der Waals surface area (Å²) in [5, 5.41) is 4.75. The molecule has 0 bridgehead atoms. The van der Waals surface area contributed by atoms with E-state index in [1.54, 1.807) is 24.8 Å². The molecule has 3 heterocycles. The first-order chi connectivity index (χ1) is 13.7. The molecule has 1 aromatic carbocycles. The minimum absolute atomic E-state index is 0.236. The minimum atomic E-state index is 0.236. The van der Waals surface area contributed by atoms with Gasteiger partial charge in [-0.15, -0.1) is 11.3 Å². The fourth-order valence-electron chi connectivity index (χ4n) is 3.68. The van der Waals surface area contributed by atoms with Gasteiger partial charge in [0.2, 0.25) is 0 Å². The Morgan fingerprint density at radius 2 is 1.93 bits per heavy atom. The summed E-state index contributed by atoms with van der Waals surface area (Å²) in [6.07, 6.45) is 1.65. The maximum atomic E-state index is 5.56. The van der Waals surface area contributed by atoms with Crippen LogP contribution >= 0.6 is 11.3 Å². The van der Waals surface area contributed by atoms with Crippen LogP contribution in [0.4, 0.5) is 5.82 Å². The molecule has 3 aromatic rings. The molecule has 1 unspecified atom stereocenters. The molecule has 6 nitrogen and oxygen atoms in total. The van der Waals surface area contributed by atoms with Crippen molar-refractivity contribution in [1.29, 1.82) is 0 Å². The average Bonchev–Trinajstić information content (AvgIpc) is 3.04. The van der Waals surface area contributed by atoms with Crippen molar-refractivity contribution < 1.29 is 9.47 Å². The number of aromatic nitrogens is 2. The third kappa shape index (κ3) is 3.83. The SMILES string of the molecule is COc1ccc(C(CNc2ncnc3sc(C)c(C)c23)N2CCOCC2)cc1. The van der Waals surface area contributed by atoms with Gasteiger partial charge in [0.05, 0.1) is 31.8 Å². The highest BCUT2D eigenvalue weighted by Gasteiger charge is 2.23. The standard InChI is InChI=1S/C21H26N4O2S/c1-14-15(2)28-21-19(14)20(23-13-24-21)22-12-18(25-8-10-27-11-9-25)16-4-6-17(26-3)7-5-16/h4-7,13,18H,8-12H2,1-3H3,(H,22,23,24). The van der Waals surface area contributed by atoms with Gasteiger partial charge in [-0.3, -0.25) is 4.90 Å². The largest absolute Gasteiger partial charge is 0.497 e.